The fourth-order valence-corrected chi connectivity index (χ4v) is 2.70. The molecule has 19 heavy (non-hydrogen) atoms. The summed E-state index contributed by atoms with van der Waals surface area (Å²) in [7, 11) is 0. The van der Waals surface area contributed by atoms with E-state index in [0.29, 0.717) is 13.1 Å². The minimum atomic E-state index is -0.579. The van der Waals surface area contributed by atoms with Gasteiger partial charge in [0, 0.05) is 11.5 Å². The number of amides is 1. The van der Waals surface area contributed by atoms with Gasteiger partial charge in [-0.2, -0.15) is 0 Å². The van der Waals surface area contributed by atoms with Gasteiger partial charge in [0.15, 0.2) is 0 Å². The van der Waals surface area contributed by atoms with Crippen molar-refractivity contribution in [2.75, 3.05) is 13.1 Å². The average molecular weight is 267 g/mol. The van der Waals surface area contributed by atoms with Crippen LogP contribution < -0.4 is 11.1 Å². The molecule has 1 saturated carbocycles. The smallest absolute Gasteiger partial charge is 0.237 e. The highest BCUT2D eigenvalue weighted by Crippen LogP contribution is 2.37. The van der Waals surface area contributed by atoms with E-state index in [1.54, 1.807) is 0 Å². The lowest BCUT2D eigenvalue weighted by molar-refractivity contribution is -0.125. The molecule has 108 valence electrons. The highest BCUT2D eigenvalue weighted by atomic mass is 16.1. The van der Waals surface area contributed by atoms with Crippen LogP contribution in [0, 0.1) is 5.41 Å². The Labute approximate surface area is 114 Å². The van der Waals surface area contributed by atoms with Gasteiger partial charge in [-0.1, -0.05) is 25.4 Å². The van der Waals surface area contributed by atoms with E-state index >= 15 is 0 Å². The predicted molar refractivity (Wildman–Crippen MR) is 75.4 cm³/mol. The van der Waals surface area contributed by atoms with Crippen LogP contribution in [-0.4, -0.2) is 24.5 Å². The van der Waals surface area contributed by atoms with Crippen LogP contribution in [0.3, 0.4) is 0 Å². The van der Waals surface area contributed by atoms with Gasteiger partial charge in [-0.3, -0.25) is 4.79 Å². The molecule has 0 aromatic rings. The van der Waals surface area contributed by atoms with Crippen molar-refractivity contribution < 1.29 is 4.79 Å². The summed E-state index contributed by atoms with van der Waals surface area (Å²) in [6.07, 6.45) is 5.45. The number of nitrogens with one attached hydrogen (secondary N) is 1. The molecule has 1 aliphatic rings. The topological polar surface area (TPSA) is 104 Å². The van der Waals surface area contributed by atoms with Gasteiger partial charge >= 0.3 is 0 Å². The van der Waals surface area contributed by atoms with E-state index in [1.165, 1.54) is 0 Å². The number of azide groups is 1. The largest absolute Gasteiger partial charge is 0.368 e. The molecular formula is C13H25N5O. The van der Waals surface area contributed by atoms with Gasteiger partial charge in [0.2, 0.25) is 5.91 Å². The first-order chi connectivity index (χ1) is 8.92. The molecular weight excluding hydrogens is 242 g/mol. The van der Waals surface area contributed by atoms with Crippen molar-refractivity contribution in [3.05, 3.63) is 10.4 Å². The maximum Gasteiger partial charge on any atom is 0.237 e. The molecule has 6 nitrogen and oxygen atoms in total. The summed E-state index contributed by atoms with van der Waals surface area (Å²) in [5.41, 5.74) is 13.5. The number of carbonyl (C=O) groups excluding carboxylic acids is 1. The van der Waals surface area contributed by atoms with E-state index in [9.17, 15) is 4.79 Å². The number of rotatable bonds is 6. The molecule has 3 N–H and O–H groups in total. The minimum absolute atomic E-state index is 0.256. The van der Waals surface area contributed by atoms with Gasteiger partial charge in [-0.25, -0.2) is 0 Å². The van der Waals surface area contributed by atoms with Gasteiger partial charge in [0.1, 0.15) is 0 Å². The molecule has 1 rings (SSSR count). The molecule has 6 heteroatoms. The third-order valence-electron chi connectivity index (χ3n) is 4.12. The molecule has 0 radical (unpaired) electrons. The molecule has 1 unspecified atom stereocenters. The lowest BCUT2D eigenvalue weighted by atomic mass is 9.83. The van der Waals surface area contributed by atoms with Crippen molar-refractivity contribution >= 4 is 5.91 Å². The first-order valence-corrected chi connectivity index (χ1v) is 6.98. The third kappa shape index (κ3) is 4.73. The third-order valence-corrected chi connectivity index (χ3v) is 4.12. The van der Waals surface area contributed by atoms with Crippen LogP contribution in [0.4, 0.5) is 0 Å². The highest BCUT2D eigenvalue weighted by Gasteiger charge is 2.39. The molecule has 0 bridgehead atoms. The van der Waals surface area contributed by atoms with E-state index in [-0.39, 0.29) is 11.3 Å². The van der Waals surface area contributed by atoms with Crippen molar-refractivity contribution in [2.24, 2.45) is 16.3 Å². The van der Waals surface area contributed by atoms with Gasteiger partial charge in [-0.05, 0) is 49.6 Å². The quantitative estimate of drug-likeness (QED) is 0.254. The monoisotopic (exact) mass is 267 g/mol. The van der Waals surface area contributed by atoms with Crippen molar-refractivity contribution in [2.45, 2.75) is 57.9 Å². The van der Waals surface area contributed by atoms with Crippen LogP contribution in [0.2, 0.25) is 0 Å². The zero-order chi connectivity index (χ0) is 14.4. The SMILES string of the molecule is CC1(C)CCCC(NCCCN=[N+]=[N-])(C(N)=O)CC1. The van der Waals surface area contributed by atoms with E-state index in [0.717, 1.165) is 38.5 Å². The fourth-order valence-electron chi connectivity index (χ4n) is 2.70. The Bertz CT molecular complexity index is 362. The van der Waals surface area contributed by atoms with Crippen LogP contribution in [0.1, 0.15) is 52.4 Å². The molecule has 0 heterocycles. The number of carbonyl (C=O) groups is 1. The van der Waals surface area contributed by atoms with E-state index in [4.69, 9.17) is 11.3 Å². The summed E-state index contributed by atoms with van der Waals surface area (Å²) in [5.74, 6) is -0.256. The normalized spacial score (nSPS) is 26.2. The molecule has 0 saturated heterocycles. The number of hydrogen-bond donors (Lipinski definition) is 2. The van der Waals surface area contributed by atoms with Crippen molar-refractivity contribution in [1.29, 1.82) is 0 Å². The Morgan fingerprint density at radius 3 is 2.74 bits per heavy atom. The minimum Gasteiger partial charge on any atom is -0.368 e. The van der Waals surface area contributed by atoms with E-state index < -0.39 is 5.54 Å². The summed E-state index contributed by atoms with van der Waals surface area (Å²) in [4.78, 5) is 14.5. The van der Waals surface area contributed by atoms with Gasteiger partial charge in [0.25, 0.3) is 0 Å². The second-order valence-electron chi connectivity index (χ2n) is 6.20. The maximum absolute atomic E-state index is 11.8. The molecule has 1 amide bonds. The summed E-state index contributed by atoms with van der Waals surface area (Å²) in [6, 6.07) is 0. The molecule has 1 atom stereocenters. The Hall–Kier alpha value is -1.26. The highest BCUT2D eigenvalue weighted by molar-refractivity contribution is 5.84. The average Bonchev–Trinajstić information content (AvgIpc) is 2.49. The van der Waals surface area contributed by atoms with Crippen LogP contribution in [0.5, 0.6) is 0 Å². The van der Waals surface area contributed by atoms with Crippen molar-refractivity contribution in [3.63, 3.8) is 0 Å². The molecule has 1 aliphatic carbocycles. The number of primary amides is 1. The number of hydrogen-bond acceptors (Lipinski definition) is 3. The molecule has 0 aromatic carbocycles. The zero-order valence-corrected chi connectivity index (χ0v) is 12.0. The summed E-state index contributed by atoms with van der Waals surface area (Å²) >= 11 is 0. The Kier molecular flexibility index (Phi) is 5.63. The molecule has 1 fully saturated rings. The number of nitrogens with two attached hydrogens (primary N) is 1. The fraction of sp³-hybridized carbons (Fsp3) is 0.923. The van der Waals surface area contributed by atoms with Gasteiger partial charge in [-0.15, -0.1) is 0 Å². The van der Waals surface area contributed by atoms with E-state index in [2.05, 4.69) is 29.2 Å². The Balaban J connectivity index is 2.59. The standard InChI is InChI=1S/C13H25N5O/c1-12(2)5-3-6-13(8-7-12,11(14)19)16-9-4-10-17-18-15/h16H,3-10H2,1-2H3,(H2,14,19). The number of nitrogens with zero attached hydrogens (tertiary/aromatic N) is 3. The second-order valence-corrected chi connectivity index (χ2v) is 6.20. The first kappa shape index (κ1) is 15.8. The Morgan fingerprint density at radius 1 is 1.37 bits per heavy atom. The maximum atomic E-state index is 11.8. The lowest BCUT2D eigenvalue weighted by Crippen LogP contribution is -2.55. The van der Waals surface area contributed by atoms with Crippen LogP contribution >= 0.6 is 0 Å². The predicted octanol–water partition coefficient (Wildman–Crippen LogP) is 2.49. The lowest BCUT2D eigenvalue weighted by Gasteiger charge is -2.31. The van der Waals surface area contributed by atoms with Crippen LogP contribution in [-0.2, 0) is 4.79 Å². The van der Waals surface area contributed by atoms with Crippen LogP contribution in [0.15, 0.2) is 5.11 Å². The second kappa shape index (κ2) is 6.78. The summed E-state index contributed by atoms with van der Waals surface area (Å²) < 4.78 is 0. The van der Waals surface area contributed by atoms with E-state index in [1.807, 2.05) is 0 Å². The molecule has 0 aromatic heterocycles. The van der Waals surface area contributed by atoms with Gasteiger partial charge in [0.05, 0.1) is 5.54 Å². The molecule has 0 aliphatic heterocycles. The molecule has 0 spiro atoms. The van der Waals surface area contributed by atoms with Crippen molar-refractivity contribution in [1.82, 2.24) is 5.32 Å². The Morgan fingerprint density at radius 2 is 2.11 bits per heavy atom. The summed E-state index contributed by atoms with van der Waals surface area (Å²) in [6.45, 7) is 5.59. The van der Waals surface area contributed by atoms with Gasteiger partial charge < -0.3 is 11.1 Å². The summed E-state index contributed by atoms with van der Waals surface area (Å²) in [5, 5.41) is 6.80. The zero-order valence-electron chi connectivity index (χ0n) is 12.0. The van der Waals surface area contributed by atoms with Crippen LogP contribution in [0.25, 0.3) is 10.4 Å². The first-order valence-electron chi connectivity index (χ1n) is 6.98. The van der Waals surface area contributed by atoms with Crippen molar-refractivity contribution in [3.8, 4) is 0 Å².